The lowest BCUT2D eigenvalue weighted by atomic mass is 10.1. The van der Waals surface area contributed by atoms with Crippen molar-refractivity contribution in [3.8, 4) is 0 Å². The van der Waals surface area contributed by atoms with E-state index in [-0.39, 0.29) is 24.7 Å². The van der Waals surface area contributed by atoms with Gasteiger partial charge in [-0.25, -0.2) is 0 Å². The highest BCUT2D eigenvalue weighted by Gasteiger charge is 2.41. The smallest absolute Gasteiger partial charge is 0.303 e. The molecule has 4 heteroatoms. The monoisotopic (exact) mass is 336 g/mol. The summed E-state index contributed by atoms with van der Waals surface area (Å²) in [6.45, 7) is 2.16. The highest BCUT2D eigenvalue weighted by Crippen LogP contribution is 2.29. The zero-order valence-electron chi connectivity index (χ0n) is 14.8. The summed E-state index contributed by atoms with van der Waals surface area (Å²) in [5, 5.41) is 18.5. The van der Waals surface area contributed by atoms with Crippen molar-refractivity contribution >= 4 is 5.97 Å². The Labute approximate surface area is 145 Å². The van der Waals surface area contributed by atoms with Gasteiger partial charge in [-0.1, -0.05) is 62.6 Å². The van der Waals surface area contributed by atoms with E-state index >= 15 is 0 Å². The number of hydrogen-bond acceptors (Lipinski definition) is 3. The Balaban J connectivity index is 2.00. The van der Waals surface area contributed by atoms with Gasteiger partial charge in [0.25, 0.3) is 0 Å². The molecule has 0 saturated carbocycles. The number of unbranched alkanes of at least 4 members (excludes halogenated alkanes) is 3. The second-order valence-electron chi connectivity index (χ2n) is 6.26. The van der Waals surface area contributed by atoms with E-state index in [0.717, 1.165) is 32.1 Å². The predicted molar refractivity (Wildman–Crippen MR) is 97.0 cm³/mol. The van der Waals surface area contributed by atoms with Crippen LogP contribution in [0.1, 0.15) is 64.7 Å². The third kappa shape index (κ3) is 10.4. The number of rotatable bonds is 14. The van der Waals surface area contributed by atoms with Crippen LogP contribution in [0.3, 0.4) is 0 Å². The number of aliphatic hydroxyl groups is 1. The largest absolute Gasteiger partial charge is 0.481 e. The molecule has 0 amide bonds. The molecule has 0 radical (unpaired) electrons. The molecular formula is C20H32O4. The van der Waals surface area contributed by atoms with E-state index in [1.807, 2.05) is 12.2 Å². The maximum Gasteiger partial charge on any atom is 0.303 e. The molecule has 4 nitrogen and oxygen atoms in total. The fourth-order valence-electron chi connectivity index (χ4n) is 2.52. The molecule has 3 atom stereocenters. The summed E-state index contributed by atoms with van der Waals surface area (Å²) in [6.07, 6.45) is 19.9. The molecule has 2 N–H and O–H groups in total. The molecule has 2 unspecified atom stereocenters. The predicted octanol–water partition coefficient (Wildman–Crippen LogP) is 4.40. The molecule has 0 aliphatic carbocycles. The molecule has 0 bridgehead atoms. The number of ether oxygens (including phenoxy) is 1. The van der Waals surface area contributed by atoms with Crippen molar-refractivity contribution in [1.82, 2.24) is 0 Å². The summed E-state index contributed by atoms with van der Waals surface area (Å²) in [5.41, 5.74) is 0. The zero-order chi connectivity index (χ0) is 17.6. The minimum absolute atomic E-state index is 0.00387. The van der Waals surface area contributed by atoms with Gasteiger partial charge in [0.15, 0.2) is 0 Å². The molecular weight excluding hydrogens is 304 g/mol. The number of carboxylic acids is 1. The minimum atomic E-state index is -0.731. The van der Waals surface area contributed by atoms with E-state index in [4.69, 9.17) is 9.84 Å². The third-order valence-corrected chi connectivity index (χ3v) is 4.01. The van der Waals surface area contributed by atoms with Gasteiger partial charge in [0, 0.05) is 6.42 Å². The van der Waals surface area contributed by atoms with Crippen molar-refractivity contribution in [2.75, 3.05) is 0 Å². The Kier molecular flexibility index (Phi) is 11.2. The van der Waals surface area contributed by atoms with Crippen LogP contribution in [0, 0.1) is 0 Å². The normalized spacial score (nSPS) is 21.9. The summed E-state index contributed by atoms with van der Waals surface area (Å²) < 4.78 is 5.50. The average molecular weight is 336 g/mol. The minimum Gasteiger partial charge on any atom is -0.481 e. The van der Waals surface area contributed by atoms with Crippen LogP contribution in [-0.4, -0.2) is 34.5 Å². The van der Waals surface area contributed by atoms with Crippen LogP contribution in [0.2, 0.25) is 0 Å². The number of hydrogen-bond donors (Lipinski definition) is 2. The van der Waals surface area contributed by atoms with Gasteiger partial charge in [0.05, 0.1) is 6.10 Å². The fourth-order valence-corrected chi connectivity index (χ4v) is 2.52. The molecule has 1 saturated heterocycles. The van der Waals surface area contributed by atoms with Crippen molar-refractivity contribution in [2.24, 2.45) is 0 Å². The highest BCUT2D eigenvalue weighted by atomic mass is 16.6. The average Bonchev–Trinajstić information content (AvgIpc) is 3.32. The maximum absolute atomic E-state index is 10.3. The Morgan fingerprint density at radius 1 is 1.08 bits per heavy atom. The van der Waals surface area contributed by atoms with Crippen molar-refractivity contribution in [1.29, 1.82) is 0 Å². The van der Waals surface area contributed by atoms with Crippen molar-refractivity contribution in [3.05, 3.63) is 36.5 Å². The SMILES string of the molecule is CCCCC[C@@H](O)C1OC1C=CCC=CCC=CCCCC(=O)O. The quantitative estimate of drug-likeness (QED) is 0.280. The van der Waals surface area contributed by atoms with Crippen LogP contribution in [0.5, 0.6) is 0 Å². The van der Waals surface area contributed by atoms with Crippen LogP contribution in [0.15, 0.2) is 36.5 Å². The molecule has 1 heterocycles. The first-order chi connectivity index (χ1) is 11.6. The number of aliphatic hydroxyl groups excluding tert-OH is 1. The van der Waals surface area contributed by atoms with Crippen LogP contribution < -0.4 is 0 Å². The molecule has 0 aromatic rings. The Morgan fingerprint density at radius 3 is 2.50 bits per heavy atom. The van der Waals surface area contributed by atoms with E-state index in [1.54, 1.807) is 0 Å². The van der Waals surface area contributed by atoms with Crippen LogP contribution in [-0.2, 0) is 9.53 Å². The van der Waals surface area contributed by atoms with Crippen molar-refractivity contribution in [3.63, 3.8) is 0 Å². The third-order valence-electron chi connectivity index (χ3n) is 4.01. The van der Waals surface area contributed by atoms with Gasteiger partial charge in [0.1, 0.15) is 12.2 Å². The van der Waals surface area contributed by atoms with Gasteiger partial charge < -0.3 is 14.9 Å². The van der Waals surface area contributed by atoms with Gasteiger partial charge in [0.2, 0.25) is 0 Å². The summed E-state index contributed by atoms with van der Waals surface area (Å²) in [5.74, 6) is -0.731. The van der Waals surface area contributed by atoms with Crippen LogP contribution in [0.25, 0.3) is 0 Å². The van der Waals surface area contributed by atoms with E-state index in [1.165, 1.54) is 12.8 Å². The number of aliphatic carboxylic acids is 1. The molecule has 1 aliphatic rings. The van der Waals surface area contributed by atoms with Gasteiger partial charge >= 0.3 is 5.97 Å². The van der Waals surface area contributed by atoms with Crippen molar-refractivity contribution in [2.45, 2.75) is 83.0 Å². The van der Waals surface area contributed by atoms with E-state index < -0.39 is 5.97 Å². The highest BCUT2D eigenvalue weighted by molar-refractivity contribution is 5.66. The summed E-state index contributed by atoms with van der Waals surface area (Å²) in [7, 11) is 0. The molecule has 1 rings (SSSR count). The standard InChI is InChI=1S/C20H32O4/c1-2-3-11-14-17(21)20-18(24-20)15-12-9-7-5-4-6-8-10-13-16-19(22)23/h5-8,12,15,17-18,20-21H,2-4,9-11,13-14,16H2,1H3,(H,22,23)/t17-,18?,20?/m1/s1. The first kappa shape index (κ1) is 20.7. The Bertz CT molecular complexity index is 425. The topological polar surface area (TPSA) is 70.1 Å². The second kappa shape index (κ2) is 13.0. The molecule has 0 spiro atoms. The first-order valence-electron chi connectivity index (χ1n) is 9.17. The van der Waals surface area contributed by atoms with Gasteiger partial charge in [-0.15, -0.1) is 0 Å². The second-order valence-corrected chi connectivity index (χ2v) is 6.26. The number of carbonyl (C=O) groups is 1. The summed E-state index contributed by atoms with van der Waals surface area (Å²) in [6, 6.07) is 0. The number of allylic oxidation sites excluding steroid dienone is 5. The molecule has 136 valence electrons. The maximum atomic E-state index is 10.3. The van der Waals surface area contributed by atoms with E-state index in [2.05, 4.69) is 31.2 Å². The summed E-state index contributed by atoms with van der Waals surface area (Å²) >= 11 is 0. The molecule has 0 aromatic carbocycles. The van der Waals surface area contributed by atoms with Gasteiger partial charge in [-0.3, -0.25) is 4.79 Å². The molecule has 1 aliphatic heterocycles. The molecule has 1 fully saturated rings. The van der Waals surface area contributed by atoms with Crippen LogP contribution >= 0.6 is 0 Å². The lowest BCUT2D eigenvalue weighted by molar-refractivity contribution is -0.137. The molecule has 24 heavy (non-hydrogen) atoms. The van der Waals surface area contributed by atoms with Gasteiger partial charge in [-0.05, 0) is 32.1 Å². The first-order valence-corrected chi connectivity index (χ1v) is 9.17. The lowest BCUT2D eigenvalue weighted by Crippen LogP contribution is -2.16. The van der Waals surface area contributed by atoms with E-state index in [9.17, 15) is 9.90 Å². The fraction of sp³-hybridized carbons (Fsp3) is 0.650. The van der Waals surface area contributed by atoms with Gasteiger partial charge in [-0.2, -0.15) is 0 Å². The Morgan fingerprint density at radius 2 is 1.79 bits per heavy atom. The lowest BCUT2D eigenvalue weighted by Gasteiger charge is -2.05. The van der Waals surface area contributed by atoms with E-state index in [0.29, 0.717) is 6.42 Å². The van der Waals surface area contributed by atoms with Crippen LogP contribution in [0.4, 0.5) is 0 Å². The Hall–Kier alpha value is -1.39. The number of carboxylic acid groups (broad SMARTS) is 1. The van der Waals surface area contributed by atoms with Crippen molar-refractivity contribution < 1.29 is 19.7 Å². The summed E-state index contributed by atoms with van der Waals surface area (Å²) in [4.78, 5) is 10.3. The zero-order valence-corrected chi connectivity index (χ0v) is 14.8. The number of epoxide rings is 1. The molecule has 0 aromatic heterocycles.